The van der Waals surface area contributed by atoms with Crippen LogP contribution in [0.4, 0.5) is 0 Å². The Hall–Kier alpha value is -3.41. The summed E-state index contributed by atoms with van der Waals surface area (Å²) in [7, 11) is -3.74. The van der Waals surface area contributed by atoms with Gasteiger partial charge in [0.15, 0.2) is 10.9 Å². The maximum absolute atomic E-state index is 12.4. The summed E-state index contributed by atoms with van der Waals surface area (Å²) in [5, 5.41) is 16.9. The van der Waals surface area contributed by atoms with Gasteiger partial charge < -0.3 is 9.73 Å². The van der Waals surface area contributed by atoms with Crippen LogP contribution >= 0.6 is 11.8 Å². The second-order valence-corrected chi connectivity index (χ2v) is 9.21. The first-order valence-corrected chi connectivity index (χ1v) is 12.0. The van der Waals surface area contributed by atoms with Gasteiger partial charge in [-0.15, -0.1) is 10.2 Å². The van der Waals surface area contributed by atoms with E-state index < -0.39 is 10.0 Å². The maximum atomic E-state index is 12.4. The van der Waals surface area contributed by atoms with E-state index in [1.165, 1.54) is 23.9 Å². The second kappa shape index (κ2) is 9.39. The van der Waals surface area contributed by atoms with E-state index in [4.69, 9.17) is 9.56 Å². The number of nitrogens with zero attached hydrogens (tertiary/aromatic N) is 3. The highest BCUT2D eigenvalue weighted by molar-refractivity contribution is 7.99. The van der Waals surface area contributed by atoms with Crippen LogP contribution in [0.25, 0.3) is 17.3 Å². The SMILES string of the molecule is NS(=O)(=O)c1ccc(CNC(=O)CSc2nnc(-c3ccco3)n2-c2ccccc2)cc1. The van der Waals surface area contributed by atoms with Crippen molar-refractivity contribution in [3.8, 4) is 17.3 Å². The van der Waals surface area contributed by atoms with E-state index in [0.717, 1.165) is 11.3 Å². The van der Waals surface area contributed by atoms with E-state index in [1.54, 1.807) is 30.5 Å². The van der Waals surface area contributed by atoms with Crippen LogP contribution < -0.4 is 10.5 Å². The number of hydrogen-bond donors (Lipinski definition) is 2. The van der Waals surface area contributed by atoms with Gasteiger partial charge in [0.2, 0.25) is 21.8 Å². The fourth-order valence-electron chi connectivity index (χ4n) is 2.92. The number of para-hydroxylation sites is 1. The molecule has 9 nitrogen and oxygen atoms in total. The maximum Gasteiger partial charge on any atom is 0.238 e. The van der Waals surface area contributed by atoms with Gasteiger partial charge in [-0.1, -0.05) is 42.1 Å². The largest absolute Gasteiger partial charge is 0.461 e. The molecular formula is C21H19N5O4S2. The van der Waals surface area contributed by atoms with Gasteiger partial charge in [0.05, 0.1) is 16.9 Å². The minimum Gasteiger partial charge on any atom is -0.461 e. The first-order chi connectivity index (χ1) is 15.4. The van der Waals surface area contributed by atoms with Crippen LogP contribution in [-0.2, 0) is 21.4 Å². The summed E-state index contributed by atoms with van der Waals surface area (Å²) in [5.74, 6) is 1.03. The van der Waals surface area contributed by atoms with Gasteiger partial charge in [0.25, 0.3) is 0 Å². The van der Waals surface area contributed by atoms with E-state index in [2.05, 4.69) is 15.5 Å². The van der Waals surface area contributed by atoms with E-state index >= 15 is 0 Å². The zero-order chi connectivity index (χ0) is 22.6. The standard InChI is InChI=1S/C21H19N5O4S2/c22-32(28,29)17-10-8-15(9-11-17)13-23-19(27)14-31-21-25-24-20(18-7-4-12-30-18)26(21)16-5-2-1-3-6-16/h1-12H,13-14H2,(H,23,27)(H2,22,28,29). The number of nitrogens with one attached hydrogen (secondary N) is 1. The molecule has 11 heteroatoms. The number of sulfonamides is 1. The highest BCUT2D eigenvalue weighted by atomic mass is 32.2. The van der Waals surface area contributed by atoms with Gasteiger partial charge in [-0.2, -0.15) is 0 Å². The van der Waals surface area contributed by atoms with Crippen molar-refractivity contribution in [1.29, 1.82) is 0 Å². The molecular weight excluding hydrogens is 450 g/mol. The van der Waals surface area contributed by atoms with Gasteiger partial charge in [-0.3, -0.25) is 9.36 Å². The normalized spacial score (nSPS) is 11.4. The van der Waals surface area contributed by atoms with E-state index in [9.17, 15) is 13.2 Å². The van der Waals surface area contributed by atoms with E-state index in [0.29, 0.717) is 16.7 Å². The molecule has 0 bridgehead atoms. The Morgan fingerprint density at radius 2 is 1.78 bits per heavy atom. The fraction of sp³-hybridized carbons (Fsp3) is 0.0952. The smallest absolute Gasteiger partial charge is 0.238 e. The van der Waals surface area contributed by atoms with Crippen LogP contribution in [0.5, 0.6) is 0 Å². The molecule has 0 atom stereocenters. The first-order valence-electron chi connectivity index (χ1n) is 9.48. The zero-order valence-electron chi connectivity index (χ0n) is 16.7. The number of rotatable bonds is 8. The Morgan fingerprint density at radius 3 is 2.44 bits per heavy atom. The molecule has 3 N–H and O–H groups in total. The molecule has 0 spiro atoms. The Morgan fingerprint density at radius 1 is 1.03 bits per heavy atom. The molecule has 2 aromatic heterocycles. The van der Waals surface area contributed by atoms with Crippen molar-refractivity contribution in [2.45, 2.75) is 16.6 Å². The summed E-state index contributed by atoms with van der Waals surface area (Å²) in [6.07, 6.45) is 1.56. The molecule has 1 amide bonds. The average Bonchev–Trinajstić information content (AvgIpc) is 3.46. The summed E-state index contributed by atoms with van der Waals surface area (Å²) in [6, 6.07) is 19.2. The number of benzene rings is 2. The lowest BCUT2D eigenvalue weighted by Gasteiger charge is -2.09. The molecule has 2 aromatic carbocycles. The number of aromatic nitrogens is 3. The molecule has 4 rings (SSSR count). The van der Waals surface area contributed by atoms with Crippen molar-refractivity contribution in [3.63, 3.8) is 0 Å². The number of hydrogen-bond acceptors (Lipinski definition) is 7. The van der Waals surface area contributed by atoms with Crippen LogP contribution in [0.1, 0.15) is 5.56 Å². The lowest BCUT2D eigenvalue weighted by atomic mass is 10.2. The van der Waals surface area contributed by atoms with Crippen molar-refractivity contribution in [2.75, 3.05) is 5.75 Å². The van der Waals surface area contributed by atoms with Crippen LogP contribution in [0.2, 0.25) is 0 Å². The zero-order valence-corrected chi connectivity index (χ0v) is 18.3. The third kappa shape index (κ3) is 5.07. The van der Waals surface area contributed by atoms with Crippen molar-refractivity contribution in [3.05, 3.63) is 78.6 Å². The summed E-state index contributed by atoms with van der Waals surface area (Å²) >= 11 is 1.25. The van der Waals surface area contributed by atoms with Gasteiger partial charge in [-0.25, -0.2) is 13.6 Å². The first kappa shape index (κ1) is 21.8. The predicted molar refractivity (Wildman–Crippen MR) is 119 cm³/mol. The average molecular weight is 470 g/mol. The number of nitrogens with two attached hydrogens (primary N) is 1. The minimum absolute atomic E-state index is 0.0238. The number of amides is 1. The molecule has 0 aliphatic heterocycles. The third-order valence-corrected chi connectivity index (χ3v) is 6.32. The number of carbonyl (C=O) groups excluding carboxylic acids is 1. The molecule has 164 valence electrons. The predicted octanol–water partition coefficient (Wildman–Crippen LogP) is 2.58. The van der Waals surface area contributed by atoms with E-state index in [1.807, 2.05) is 34.9 Å². The number of furan rings is 1. The molecule has 2 heterocycles. The quantitative estimate of drug-likeness (QED) is 0.379. The molecule has 0 saturated heterocycles. The van der Waals surface area contributed by atoms with Gasteiger partial charge in [0, 0.05) is 12.2 Å². The third-order valence-electron chi connectivity index (χ3n) is 4.46. The molecule has 0 fully saturated rings. The van der Waals surface area contributed by atoms with Crippen LogP contribution in [0.3, 0.4) is 0 Å². The highest BCUT2D eigenvalue weighted by Gasteiger charge is 2.18. The molecule has 0 saturated carbocycles. The number of carbonyl (C=O) groups is 1. The van der Waals surface area contributed by atoms with Crippen molar-refractivity contribution >= 4 is 27.7 Å². The van der Waals surface area contributed by atoms with Crippen LogP contribution in [-0.4, -0.2) is 34.8 Å². The lowest BCUT2D eigenvalue weighted by Crippen LogP contribution is -2.24. The molecule has 0 aliphatic carbocycles. The van der Waals surface area contributed by atoms with Crippen molar-refractivity contribution in [1.82, 2.24) is 20.1 Å². The molecule has 0 unspecified atom stereocenters. The Labute approximate surface area is 188 Å². The Bertz CT molecular complexity index is 1300. The summed E-state index contributed by atoms with van der Waals surface area (Å²) in [6.45, 7) is 0.257. The molecule has 0 radical (unpaired) electrons. The van der Waals surface area contributed by atoms with Crippen LogP contribution in [0, 0.1) is 0 Å². The van der Waals surface area contributed by atoms with Crippen molar-refractivity contribution < 1.29 is 17.6 Å². The Balaban J connectivity index is 1.43. The monoisotopic (exact) mass is 469 g/mol. The molecule has 0 aliphatic rings. The highest BCUT2D eigenvalue weighted by Crippen LogP contribution is 2.28. The van der Waals surface area contributed by atoms with E-state index in [-0.39, 0.29) is 23.1 Å². The van der Waals surface area contributed by atoms with Crippen LogP contribution in [0.15, 0.2) is 87.5 Å². The fourth-order valence-corrected chi connectivity index (χ4v) is 4.21. The van der Waals surface area contributed by atoms with Gasteiger partial charge in [0.1, 0.15) is 0 Å². The lowest BCUT2D eigenvalue weighted by molar-refractivity contribution is -0.118. The van der Waals surface area contributed by atoms with Crippen molar-refractivity contribution in [2.24, 2.45) is 5.14 Å². The summed E-state index contributed by atoms with van der Waals surface area (Å²) < 4.78 is 30.0. The second-order valence-electron chi connectivity index (χ2n) is 6.71. The van der Waals surface area contributed by atoms with Gasteiger partial charge >= 0.3 is 0 Å². The Kier molecular flexibility index (Phi) is 6.40. The number of primary sulfonamides is 1. The molecule has 32 heavy (non-hydrogen) atoms. The summed E-state index contributed by atoms with van der Waals surface area (Å²) in [5.41, 5.74) is 1.60. The summed E-state index contributed by atoms with van der Waals surface area (Å²) in [4.78, 5) is 12.4. The topological polar surface area (TPSA) is 133 Å². The molecule has 4 aromatic rings. The number of thioether (sulfide) groups is 1. The minimum atomic E-state index is -3.74. The van der Waals surface area contributed by atoms with Gasteiger partial charge in [-0.05, 0) is 42.0 Å².